The van der Waals surface area contributed by atoms with Gasteiger partial charge in [-0.05, 0) is 36.3 Å². The van der Waals surface area contributed by atoms with Crippen LogP contribution in [0.1, 0.15) is 23.9 Å². The Balaban J connectivity index is 2.13. The highest BCUT2D eigenvalue weighted by atomic mass is 32.2. The highest BCUT2D eigenvalue weighted by Crippen LogP contribution is 2.25. The minimum absolute atomic E-state index is 0.164. The molecule has 0 unspecified atom stereocenters. The minimum atomic E-state index is -0.164. The quantitative estimate of drug-likeness (QED) is 0.904. The molecule has 2 rings (SSSR count). The van der Waals surface area contributed by atoms with Gasteiger partial charge in [0.05, 0.1) is 6.04 Å². The fourth-order valence-electron chi connectivity index (χ4n) is 1.45. The van der Waals surface area contributed by atoms with Crippen LogP contribution >= 0.6 is 23.1 Å². The van der Waals surface area contributed by atoms with Gasteiger partial charge >= 0.3 is 0 Å². The number of nitrogens with two attached hydrogens (primary N) is 1. The van der Waals surface area contributed by atoms with Gasteiger partial charge in [-0.3, -0.25) is 0 Å². The van der Waals surface area contributed by atoms with E-state index < -0.39 is 0 Å². The second kappa shape index (κ2) is 5.66. The molecule has 4 nitrogen and oxygen atoms in total. The molecule has 0 radical (unpaired) electrons. The van der Waals surface area contributed by atoms with Crippen molar-refractivity contribution in [2.45, 2.75) is 19.4 Å². The normalized spacial score (nSPS) is 12.9. The monoisotopic (exact) mass is 269 g/mol. The number of nitrogens with zero attached hydrogens (tertiary/aromatic N) is 2. The molecule has 0 aliphatic carbocycles. The molecule has 0 amide bonds. The fourth-order valence-corrected chi connectivity index (χ4v) is 2.77. The van der Waals surface area contributed by atoms with Crippen molar-refractivity contribution in [1.29, 1.82) is 0 Å². The summed E-state index contributed by atoms with van der Waals surface area (Å²) in [6.45, 7) is 2.04. The van der Waals surface area contributed by atoms with E-state index in [0.29, 0.717) is 11.7 Å². The maximum atomic E-state index is 5.98. The van der Waals surface area contributed by atoms with E-state index in [1.54, 1.807) is 23.1 Å². The topological polar surface area (TPSA) is 64.9 Å². The van der Waals surface area contributed by atoms with Crippen LogP contribution in [0.3, 0.4) is 0 Å². The van der Waals surface area contributed by atoms with E-state index >= 15 is 0 Å². The molecule has 6 heteroatoms. The molecule has 92 valence electrons. The van der Waals surface area contributed by atoms with E-state index in [-0.39, 0.29) is 6.04 Å². The van der Waals surface area contributed by atoms with E-state index in [9.17, 15) is 0 Å². The van der Waals surface area contributed by atoms with Crippen molar-refractivity contribution in [3.63, 3.8) is 0 Å². The van der Waals surface area contributed by atoms with Crippen LogP contribution in [0.2, 0.25) is 0 Å². The summed E-state index contributed by atoms with van der Waals surface area (Å²) in [5.74, 6) is 2.16. The second-order valence-electron chi connectivity index (χ2n) is 3.81. The van der Waals surface area contributed by atoms with Crippen molar-refractivity contribution in [3.8, 4) is 11.4 Å². The first kappa shape index (κ1) is 12.6. The first-order chi connectivity index (χ1) is 8.22. The van der Waals surface area contributed by atoms with Crippen LogP contribution in [-0.2, 0) is 0 Å². The SMILES string of the molecule is CSCC[C@@H](N)c1nc(-c2cscc2C)no1. The third-order valence-electron chi connectivity index (χ3n) is 2.49. The van der Waals surface area contributed by atoms with Crippen molar-refractivity contribution in [2.24, 2.45) is 5.73 Å². The third-order valence-corrected chi connectivity index (χ3v) is 3.99. The molecule has 0 aliphatic heterocycles. The Labute approximate surface area is 109 Å². The predicted octanol–water partition coefficient (Wildman–Crippen LogP) is 2.86. The highest BCUT2D eigenvalue weighted by molar-refractivity contribution is 7.98. The first-order valence-electron chi connectivity index (χ1n) is 5.33. The van der Waals surface area contributed by atoms with E-state index in [0.717, 1.165) is 17.7 Å². The highest BCUT2D eigenvalue weighted by Gasteiger charge is 2.16. The molecule has 2 heterocycles. The molecule has 0 fully saturated rings. The maximum absolute atomic E-state index is 5.98. The van der Waals surface area contributed by atoms with Crippen molar-refractivity contribution in [1.82, 2.24) is 10.1 Å². The Morgan fingerprint density at radius 2 is 2.35 bits per heavy atom. The van der Waals surface area contributed by atoms with Crippen LogP contribution in [0.25, 0.3) is 11.4 Å². The Morgan fingerprint density at radius 1 is 1.53 bits per heavy atom. The number of aryl methyl sites for hydroxylation is 1. The zero-order chi connectivity index (χ0) is 12.3. The lowest BCUT2D eigenvalue weighted by Gasteiger charge is -2.03. The maximum Gasteiger partial charge on any atom is 0.243 e. The number of thioether (sulfide) groups is 1. The second-order valence-corrected chi connectivity index (χ2v) is 5.54. The third kappa shape index (κ3) is 2.88. The average molecular weight is 269 g/mol. The molecule has 17 heavy (non-hydrogen) atoms. The van der Waals surface area contributed by atoms with Crippen LogP contribution in [0.15, 0.2) is 15.3 Å². The molecule has 2 N–H and O–H groups in total. The minimum Gasteiger partial charge on any atom is -0.337 e. The number of aromatic nitrogens is 2. The fraction of sp³-hybridized carbons (Fsp3) is 0.455. The van der Waals surface area contributed by atoms with Crippen LogP contribution in [0.5, 0.6) is 0 Å². The summed E-state index contributed by atoms with van der Waals surface area (Å²) in [7, 11) is 0. The molecule has 2 aromatic rings. The van der Waals surface area contributed by atoms with Crippen LogP contribution in [-0.4, -0.2) is 22.1 Å². The van der Waals surface area contributed by atoms with Gasteiger partial charge in [0.2, 0.25) is 11.7 Å². The summed E-state index contributed by atoms with van der Waals surface area (Å²) in [5, 5.41) is 8.08. The van der Waals surface area contributed by atoms with Gasteiger partial charge in [-0.2, -0.15) is 28.1 Å². The first-order valence-corrected chi connectivity index (χ1v) is 7.67. The van der Waals surface area contributed by atoms with Crippen LogP contribution in [0, 0.1) is 6.92 Å². The molecule has 0 saturated heterocycles. The summed E-state index contributed by atoms with van der Waals surface area (Å²) in [5.41, 5.74) is 8.18. The Morgan fingerprint density at radius 3 is 3.00 bits per heavy atom. The average Bonchev–Trinajstić information content (AvgIpc) is 2.93. The van der Waals surface area contributed by atoms with Crippen LogP contribution in [0.4, 0.5) is 0 Å². The summed E-state index contributed by atoms with van der Waals surface area (Å²) < 4.78 is 5.21. The van der Waals surface area contributed by atoms with Crippen molar-refractivity contribution < 1.29 is 4.52 Å². The van der Waals surface area contributed by atoms with Gasteiger partial charge in [0, 0.05) is 10.9 Å². The number of hydrogen-bond donors (Lipinski definition) is 1. The molecule has 0 spiro atoms. The van der Waals surface area contributed by atoms with E-state index in [2.05, 4.69) is 21.8 Å². The molecule has 0 aliphatic rings. The van der Waals surface area contributed by atoms with Gasteiger partial charge in [0.1, 0.15) is 0 Å². The molecule has 2 aromatic heterocycles. The summed E-state index contributed by atoms with van der Waals surface area (Å²) >= 11 is 3.40. The zero-order valence-corrected chi connectivity index (χ0v) is 11.5. The number of thiophene rings is 1. The van der Waals surface area contributed by atoms with Gasteiger partial charge in [-0.15, -0.1) is 0 Å². The van der Waals surface area contributed by atoms with Gasteiger partial charge in [0.15, 0.2) is 0 Å². The largest absolute Gasteiger partial charge is 0.337 e. The van der Waals surface area contributed by atoms with Gasteiger partial charge in [-0.25, -0.2) is 0 Å². The van der Waals surface area contributed by atoms with Crippen molar-refractivity contribution >= 4 is 23.1 Å². The molecule has 1 atom stereocenters. The standard InChI is InChI=1S/C11H15N3OS2/c1-7-5-17-6-8(7)10-13-11(15-14-10)9(12)3-4-16-2/h5-6,9H,3-4,12H2,1-2H3/t9-/m1/s1. The van der Waals surface area contributed by atoms with E-state index in [4.69, 9.17) is 10.3 Å². The smallest absolute Gasteiger partial charge is 0.243 e. The lowest BCUT2D eigenvalue weighted by atomic mass is 10.2. The zero-order valence-electron chi connectivity index (χ0n) is 9.84. The van der Waals surface area contributed by atoms with Gasteiger partial charge in [-0.1, -0.05) is 5.16 Å². The van der Waals surface area contributed by atoms with Gasteiger partial charge < -0.3 is 10.3 Å². The van der Waals surface area contributed by atoms with Gasteiger partial charge in [0.25, 0.3) is 0 Å². The number of hydrogen-bond acceptors (Lipinski definition) is 6. The Hall–Kier alpha value is -0.850. The Bertz CT molecular complexity index is 481. The molecular weight excluding hydrogens is 254 g/mol. The molecule has 0 aromatic carbocycles. The molecule has 0 saturated carbocycles. The van der Waals surface area contributed by atoms with Crippen LogP contribution < -0.4 is 5.73 Å². The lowest BCUT2D eigenvalue weighted by molar-refractivity contribution is 0.353. The summed E-state index contributed by atoms with van der Waals surface area (Å²) in [4.78, 5) is 4.36. The summed E-state index contributed by atoms with van der Waals surface area (Å²) in [6, 6.07) is -0.164. The van der Waals surface area contributed by atoms with Crippen molar-refractivity contribution in [3.05, 3.63) is 22.2 Å². The van der Waals surface area contributed by atoms with Crippen molar-refractivity contribution in [2.75, 3.05) is 12.0 Å². The van der Waals surface area contributed by atoms with E-state index in [1.807, 2.05) is 12.3 Å². The Kier molecular flexibility index (Phi) is 4.20. The van der Waals surface area contributed by atoms with E-state index in [1.165, 1.54) is 5.56 Å². The summed E-state index contributed by atoms with van der Waals surface area (Å²) in [6.07, 6.45) is 2.91. The molecular formula is C11H15N3OS2. The predicted molar refractivity (Wildman–Crippen MR) is 72.3 cm³/mol. The number of rotatable bonds is 5. The molecule has 0 bridgehead atoms. The lowest BCUT2D eigenvalue weighted by Crippen LogP contribution is -2.11.